The first kappa shape index (κ1) is 23.1. The second kappa shape index (κ2) is 10.2. The molecule has 1 aromatic heterocycles. The van der Waals surface area contributed by atoms with E-state index in [0.717, 1.165) is 5.56 Å². The Hall–Kier alpha value is -3.53. The van der Waals surface area contributed by atoms with E-state index in [4.69, 9.17) is 19.9 Å². The number of hydrogen-bond acceptors (Lipinski definition) is 7. The smallest absolute Gasteiger partial charge is 0.330 e. The Balaban J connectivity index is 1.95. The molecule has 1 aliphatic rings. The van der Waals surface area contributed by atoms with E-state index >= 15 is 0 Å². The maximum absolute atomic E-state index is 13.1. The van der Waals surface area contributed by atoms with Crippen molar-refractivity contribution in [1.29, 1.82) is 0 Å². The predicted octanol–water partition coefficient (Wildman–Crippen LogP) is 1.59. The molecule has 0 saturated heterocycles. The fourth-order valence-corrected chi connectivity index (χ4v) is 3.36. The van der Waals surface area contributed by atoms with Crippen molar-refractivity contribution < 1.29 is 19.0 Å². The molecule has 0 bridgehead atoms. The van der Waals surface area contributed by atoms with Crippen LogP contribution in [-0.2, 0) is 16.1 Å². The molecule has 32 heavy (non-hydrogen) atoms. The quantitative estimate of drug-likeness (QED) is 0.444. The molecular formula is C22H28N4O6. The van der Waals surface area contributed by atoms with Crippen LogP contribution in [0.25, 0.3) is 6.08 Å². The van der Waals surface area contributed by atoms with Crippen LogP contribution in [0.1, 0.15) is 25.8 Å². The van der Waals surface area contributed by atoms with Gasteiger partial charge in [-0.15, -0.1) is 0 Å². The Labute approximate surface area is 185 Å². The maximum atomic E-state index is 13.1. The number of nitrogens with two attached hydrogens (primary N) is 1. The molecule has 3 rings (SSSR count). The minimum absolute atomic E-state index is 0.0466. The van der Waals surface area contributed by atoms with E-state index in [9.17, 15) is 14.4 Å². The molecule has 0 saturated carbocycles. The molecule has 0 spiro atoms. The van der Waals surface area contributed by atoms with Crippen molar-refractivity contribution in [3.05, 3.63) is 50.7 Å². The highest BCUT2D eigenvalue weighted by Gasteiger charge is 2.23. The van der Waals surface area contributed by atoms with Crippen molar-refractivity contribution in [3.63, 3.8) is 0 Å². The first-order chi connectivity index (χ1) is 15.3. The number of carbonyl (C=O) groups is 1. The normalized spacial score (nSPS) is 12.6. The van der Waals surface area contributed by atoms with Crippen LogP contribution in [0, 0.1) is 5.92 Å². The van der Waals surface area contributed by atoms with Crippen molar-refractivity contribution >= 4 is 23.5 Å². The third-order valence-corrected chi connectivity index (χ3v) is 4.84. The van der Waals surface area contributed by atoms with Crippen LogP contribution in [0.3, 0.4) is 0 Å². The first-order valence-electron chi connectivity index (χ1n) is 10.3. The second-order valence-electron chi connectivity index (χ2n) is 7.78. The number of methoxy groups -OCH3 is 1. The molecule has 10 nitrogen and oxygen atoms in total. The number of aromatic nitrogens is 2. The number of carbonyl (C=O) groups excluding carboxylic acids is 1. The summed E-state index contributed by atoms with van der Waals surface area (Å²) in [4.78, 5) is 41.6. The Kier molecular flexibility index (Phi) is 7.37. The topological polar surface area (TPSA) is 129 Å². The van der Waals surface area contributed by atoms with Gasteiger partial charge in [0.1, 0.15) is 5.82 Å². The molecule has 0 fully saturated rings. The van der Waals surface area contributed by atoms with Crippen LogP contribution in [0.5, 0.6) is 11.5 Å². The molecule has 1 aliphatic heterocycles. The van der Waals surface area contributed by atoms with E-state index in [1.807, 2.05) is 13.8 Å². The van der Waals surface area contributed by atoms with Crippen LogP contribution in [0.15, 0.2) is 33.9 Å². The van der Waals surface area contributed by atoms with Crippen molar-refractivity contribution in [2.24, 2.45) is 5.92 Å². The number of H-pyrrole nitrogens is 1. The Bertz CT molecular complexity index is 1120. The zero-order chi connectivity index (χ0) is 23.3. The average molecular weight is 444 g/mol. The number of amides is 1. The summed E-state index contributed by atoms with van der Waals surface area (Å²) < 4.78 is 17.0. The molecule has 10 heteroatoms. The zero-order valence-electron chi connectivity index (χ0n) is 18.4. The summed E-state index contributed by atoms with van der Waals surface area (Å²) in [5.41, 5.74) is 5.56. The predicted molar refractivity (Wildman–Crippen MR) is 121 cm³/mol. The van der Waals surface area contributed by atoms with Crippen molar-refractivity contribution in [2.45, 2.75) is 26.8 Å². The van der Waals surface area contributed by atoms with Gasteiger partial charge in [-0.05, 0) is 36.1 Å². The van der Waals surface area contributed by atoms with E-state index in [2.05, 4.69) is 4.98 Å². The highest BCUT2D eigenvalue weighted by atomic mass is 16.7. The van der Waals surface area contributed by atoms with Crippen LogP contribution in [-0.4, -0.2) is 42.5 Å². The minimum atomic E-state index is -0.713. The SMILES string of the molecule is COCCCN(C(=O)/C=C/c1ccc2c(c1)OCO2)c1c(N)n(CC(C)C)c(=O)[nH]c1=O. The number of ether oxygens (including phenoxy) is 3. The summed E-state index contributed by atoms with van der Waals surface area (Å²) in [6, 6.07) is 5.30. The number of nitrogen functional groups attached to an aromatic ring is 1. The van der Waals surface area contributed by atoms with Crippen LogP contribution in [0.2, 0.25) is 0 Å². The molecule has 0 atom stereocenters. The van der Waals surface area contributed by atoms with Gasteiger partial charge in [-0.3, -0.25) is 19.1 Å². The maximum Gasteiger partial charge on any atom is 0.330 e. The van der Waals surface area contributed by atoms with E-state index in [0.29, 0.717) is 31.1 Å². The van der Waals surface area contributed by atoms with Gasteiger partial charge in [0.05, 0.1) is 0 Å². The molecule has 0 aliphatic carbocycles. The largest absolute Gasteiger partial charge is 0.454 e. The molecule has 1 amide bonds. The average Bonchev–Trinajstić information content (AvgIpc) is 3.21. The lowest BCUT2D eigenvalue weighted by atomic mass is 10.2. The third kappa shape index (κ3) is 5.20. The summed E-state index contributed by atoms with van der Waals surface area (Å²) in [7, 11) is 1.55. The van der Waals surface area contributed by atoms with E-state index in [1.165, 1.54) is 15.5 Å². The van der Waals surface area contributed by atoms with Crippen molar-refractivity contribution in [1.82, 2.24) is 9.55 Å². The monoisotopic (exact) mass is 444 g/mol. The number of aromatic amines is 1. The Morgan fingerprint density at radius 3 is 2.78 bits per heavy atom. The number of fused-ring (bicyclic) bond motifs is 1. The van der Waals surface area contributed by atoms with E-state index in [1.54, 1.807) is 31.4 Å². The zero-order valence-corrected chi connectivity index (χ0v) is 18.4. The molecular weight excluding hydrogens is 416 g/mol. The fourth-order valence-electron chi connectivity index (χ4n) is 3.36. The van der Waals surface area contributed by atoms with E-state index < -0.39 is 17.2 Å². The summed E-state index contributed by atoms with van der Waals surface area (Å²) in [5, 5.41) is 0. The number of anilines is 2. The summed E-state index contributed by atoms with van der Waals surface area (Å²) >= 11 is 0. The van der Waals surface area contributed by atoms with Crippen molar-refractivity contribution in [3.8, 4) is 11.5 Å². The number of nitrogens with zero attached hydrogens (tertiary/aromatic N) is 2. The fraction of sp³-hybridized carbons (Fsp3) is 0.409. The van der Waals surface area contributed by atoms with Crippen LogP contribution >= 0.6 is 0 Å². The lowest BCUT2D eigenvalue weighted by molar-refractivity contribution is -0.114. The molecule has 3 N–H and O–H groups in total. The molecule has 0 unspecified atom stereocenters. The minimum Gasteiger partial charge on any atom is -0.454 e. The van der Waals surface area contributed by atoms with Gasteiger partial charge in [0, 0.05) is 32.9 Å². The standard InChI is InChI=1S/C22H28N4O6/c1-14(2)12-26-20(23)19(21(28)24-22(26)29)25(9-4-10-30-3)18(27)8-6-15-5-7-16-17(11-15)32-13-31-16/h5-8,11,14H,4,9-10,12-13,23H2,1-3H3,(H,24,28,29)/b8-6+. The second-order valence-corrected chi connectivity index (χ2v) is 7.78. The highest BCUT2D eigenvalue weighted by Crippen LogP contribution is 2.32. The number of rotatable bonds is 9. The van der Waals surface area contributed by atoms with Gasteiger partial charge in [-0.1, -0.05) is 19.9 Å². The highest BCUT2D eigenvalue weighted by molar-refractivity contribution is 6.05. The van der Waals surface area contributed by atoms with Gasteiger partial charge in [0.25, 0.3) is 11.5 Å². The lowest BCUT2D eigenvalue weighted by Gasteiger charge is -2.24. The molecule has 1 aromatic carbocycles. The number of hydrogen-bond donors (Lipinski definition) is 2. The van der Waals surface area contributed by atoms with Crippen molar-refractivity contribution in [2.75, 3.05) is 37.7 Å². The van der Waals surface area contributed by atoms with E-state index in [-0.39, 0.29) is 30.8 Å². The molecule has 2 heterocycles. The lowest BCUT2D eigenvalue weighted by Crippen LogP contribution is -2.41. The summed E-state index contributed by atoms with van der Waals surface area (Å²) in [6.45, 7) is 4.88. The molecule has 2 aromatic rings. The van der Waals surface area contributed by atoms with Gasteiger partial charge in [-0.2, -0.15) is 0 Å². The number of nitrogens with one attached hydrogen (secondary N) is 1. The van der Waals surface area contributed by atoms with Gasteiger partial charge in [0.15, 0.2) is 17.2 Å². The van der Waals surface area contributed by atoms with Gasteiger partial charge < -0.3 is 24.8 Å². The Morgan fingerprint density at radius 1 is 1.31 bits per heavy atom. The summed E-state index contributed by atoms with van der Waals surface area (Å²) in [5.74, 6) is 0.845. The summed E-state index contributed by atoms with van der Waals surface area (Å²) in [6.07, 6.45) is 3.44. The molecule has 0 radical (unpaired) electrons. The van der Waals surface area contributed by atoms with Crippen LogP contribution in [0.4, 0.5) is 11.5 Å². The molecule has 172 valence electrons. The van der Waals surface area contributed by atoms with Crippen LogP contribution < -0.4 is 31.4 Å². The Morgan fingerprint density at radius 2 is 2.06 bits per heavy atom. The third-order valence-electron chi connectivity index (χ3n) is 4.84. The van der Waals surface area contributed by atoms with Gasteiger partial charge in [-0.25, -0.2) is 4.79 Å². The first-order valence-corrected chi connectivity index (χ1v) is 10.3. The number of benzene rings is 1. The van der Waals surface area contributed by atoms with Gasteiger partial charge >= 0.3 is 5.69 Å². The van der Waals surface area contributed by atoms with Gasteiger partial charge in [0.2, 0.25) is 6.79 Å².